The van der Waals surface area contributed by atoms with E-state index in [1.165, 1.54) is 7.05 Å². The largest absolute Gasteiger partial charge is 0.520 e. The number of nitrogens with two attached hydrogens (primary N) is 1. The summed E-state index contributed by atoms with van der Waals surface area (Å²) < 4.78 is 72.9. The number of carbonyl (C=O) groups excluding carboxylic acids is 3. The molecular formula is C90H118ClN2O18SSi+. The third-order valence-electron chi connectivity index (χ3n) is 18.1. The van der Waals surface area contributed by atoms with Crippen LogP contribution >= 0.6 is 23.6 Å². The number of carbonyl (C=O) groups is 3. The Bertz CT molecular complexity index is 3960. The molecule has 0 heterocycles. The number of aliphatic hydroxyl groups is 1. The van der Waals surface area contributed by atoms with Gasteiger partial charge in [-0.05, 0) is 244 Å². The van der Waals surface area contributed by atoms with Gasteiger partial charge in [0.2, 0.25) is 14.2 Å². The van der Waals surface area contributed by atoms with Gasteiger partial charge in [0, 0.05) is 53.9 Å². The molecule has 9 aromatic carbocycles. The van der Waals surface area contributed by atoms with Gasteiger partial charge in [-0.1, -0.05) is 109 Å². The zero-order chi connectivity index (χ0) is 81.8. The molecule has 0 saturated heterocycles. The molecule has 9 rings (SSSR count). The Labute approximate surface area is 679 Å². The van der Waals surface area contributed by atoms with Crippen molar-refractivity contribution in [1.29, 1.82) is 0 Å². The molecule has 0 aliphatic rings. The van der Waals surface area contributed by atoms with Crippen LogP contribution in [0.15, 0.2) is 218 Å². The van der Waals surface area contributed by atoms with E-state index in [2.05, 4.69) is 11.1 Å². The van der Waals surface area contributed by atoms with Crippen LogP contribution in [0.4, 0.5) is 0 Å². The molecule has 612 valence electrons. The lowest BCUT2D eigenvalue weighted by atomic mass is 9.80. The van der Waals surface area contributed by atoms with Crippen LogP contribution < -0.4 is 53.7 Å². The molecule has 0 atom stereocenters. The van der Waals surface area contributed by atoms with Gasteiger partial charge in [-0.15, -0.1) is 11.6 Å². The van der Waals surface area contributed by atoms with Gasteiger partial charge < -0.3 is 82.3 Å². The van der Waals surface area contributed by atoms with Gasteiger partial charge in [-0.3, -0.25) is 14.4 Å². The fourth-order valence-corrected chi connectivity index (χ4v) is 13.8. The topological polar surface area (TPSA) is 262 Å². The second-order valence-electron chi connectivity index (χ2n) is 26.2. The monoisotopic (exact) mass is 1610 g/mol. The Morgan fingerprint density at radius 3 is 0.796 bits per heavy atom. The van der Waals surface area contributed by atoms with Crippen LogP contribution in [0.1, 0.15) is 127 Å². The maximum absolute atomic E-state index is 11.9. The van der Waals surface area contributed by atoms with E-state index in [4.69, 9.17) is 77.4 Å². The van der Waals surface area contributed by atoms with Crippen molar-refractivity contribution in [3.8, 4) is 51.7 Å². The van der Waals surface area contributed by atoms with Crippen molar-refractivity contribution >= 4 is 49.8 Å². The van der Waals surface area contributed by atoms with Gasteiger partial charge >= 0.3 is 5.97 Å². The molecule has 20 nitrogen and oxygen atoms in total. The Morgan fingerprint density at radius 1 is 0.363 bits per heavy atom. The van der Waals surface area contributed by atoms with Gasteiger partial charge in [0.25, 0.3) is 5.97 Å². The molecule has 0 radical (unpaired) electrons. The van der Waals surface area contributed by atoms with Gasteiger partial charge in [0.15, 0.2) is 0 Å². The van der Waals surface area contributed by atoms with Gasteiger partial charge in [-0.25, -0.2) is 0 Å². The third kappa shape index (κ3) is 28.7. The van der Waals surface area contributed by atoms with Crippen LogP contribution in [0.3, 0.4) is 0 Å². The number of aliphatic hydroxyl groups excluding tert-OH is 1. The molecule has 0 aromatic heterocycles. The number of methoxy groups -OCH3 is 8. The van der Waals surface area contributed by atoms with E-state index in [1.807, 2.05) is 238 Å². The number of amides is 1. The van der Waals surface area contributed by atoms with E-state index in [0.29, 0.717) is 39.1 Å². The van der Waals surface area contributed by atoms with Crippen LogP contribution in [-0.2, 0) is 54.0 Å². The third-order valence-corrected chi connectivity index (χ3v) is 20.0. The summed E-state index contributed by atoms with van der Waals surface area (Å²) in [7, 11) is 15.7. The first-order valence-electron chi connectivity index (χ1n) is 37.3. The number of unbranched alkanes of at least 4 members (excludes halogenated alkanes) is 6. The Balaban J connectivity index is 0.000000348. The van der Waals surface area contributed by atoms with Crippen molar-refractivity contribution in [3.63, 3.8) is 0 Å². The summed E-state index contributed by atoms with van der Waals surface area (Å²) in [6.45, 7) is 7.85. The Hall–Kier alpha value is -9.75. The fraction of sp³-hybridized carbons (Fsp3) is 0.367. The number of benzene rings is 9. The number of alkyl halides is 1. The highest BCUT2D eigenvalue weighted by Crippen LogP contribution is 2.46. The molecule has 0 bridgehead atoms. The lowest BCUT2D eigenvalue weighted by Gasteiger charge is -2.34. The second kappa shape index (κ2) is 51.1. The maximum Gasteiger partial charge on any atom is 0.317 e. The fourth-order valence-electron chi connectivity index (χ4n) is 12.4. The standard InChI is InChI=1S/C31H40O6Si.C29H35NO5.C28H31ClO5S.CH5N.CH4O.H2O/c1-33-27-17-11-24(12-18-27)31(35-3,25-13-19-28(34-2)20-14-25)26-15-21-29(22-16-26)36-23-9-7-8-10-30(32)37-38(4,5)6;1-30-28(31)8-6-5-7-21-35-27-19-13-24(14-20-27)29(34-4,22-9-15-25(32-2)16-10-22)23-11-17-26(33-3)18-12-23;1-31-24-14-8-21(9-15-24)28(29,22-10-16-25(32-2)17-11-22)23-12-18-26(19-13-23)33-20-6-4-5-7-27(30)34-35-3;2*1-2;/h11-22H,7-10,23H2,1-6H3;9-20H,5-8,21H2,1-4H3,(H,30,31);8-19H,4-7,20H2,1-3H3;2H2,1H3;2H,1H3;1H2/p+1. The molecule has 113 heavy (non-hydrogen) atoms. The minimum Gasteiger partial charge on any atom is -0.520 e. The van der Waals surface area contributed by atoms with Gasteiger partial charge in [0.05, 0.1) is 74.5 Å². The minimum absolute atomic E-state index is 0. The predicted molar refractivity (Wildman–Crippen MR) is 455 cm³/mol. The van der Waals surface area contributed by atoms with Crippen molar-refractivity contribution in [2.45, 2.75) is 113 Å². The summed E-state index contributed by atoms with van der Waals surface area (Å²) in [5.74, 6) is 6.87. The highest BCUT2D eigenvalue weighted by molar-refractivity contribution is 7.94. The lowest BCUT2D eigenvalue weighted by Crippen LogP contribution is -2.31. The normalized spacial score (nSPS) is 10.9. The lowest BCUT2D eigenvalue weighted by molar-refractivity contribution is -0.135. The van der Waals surface area contributed by atoms with Crippen LogP contribution in [0.2, 0.25) is 19.6 Å². The summed E-state index contributed by atoms with van der Waals surface area (Å²) in [6.07, 6.45) is 11.1. The van der Waals surface area contributed by atoms with E-state index in [-0.39, 0.29) is 23.3 Å². The smallest absolute Gasteiger partial charge is 0.317 e. The number of nitrogens with one attached hydrogen (secondary N) is 1. The molecule has 23 heteroatoms. The summed E-state index contributed by atoms with van der Waals surface area (Å²) in [5, 5.41) is 9.65. The molecule has 0 saturated carbocycles. The molecule has 0 fully saturated rings. The zero-order valence-electron chi connectivity index (χ0n) is 68.3. The average molecular weight is 1610 g/mol. The number of hydrogen-bond donors (Lipinski definition) is 3. The first-order chi connectivity index (χ1) is 54.3. The number of ether oxygens (including phenoxy) is 11. The maximum atomic E-state index is 11.9. The summed E-state index contributed by atoms with van der Waals surface area (Å²) in [5.41, 5.74) is 11.5. The second-order valence-corrected chi connectivity index (χ2v) is 31.7. The van der Waals surface area contributed by atoms with Crippen LogP contribution in [0, 0.1) is 0 Å². The zero-order valence-corrected chi connectivity index (χ0v) is 70.9. The molecule has 1 amide bonds. The minimum atomic E-state index is -1.81. The first kappa shape index (κ1) is 95.6. The van der Waals surface area contributed by atoms with E-state index >= 15 is 0 Å². The van der Waals surface area contributed by atoms with Gasteiger partial charge in [0.1, 0.15) is 67.8 Å². The first-order valence-corrected chi connectivity index (χ1v) is 42.3. The number of rotatable bonds is 40. The van der Waals surface area contributed by atoms with E-state index in [1.54, 1.807) is 70.2 Å². The molecule has 7 N–H and O–H groups in total. The predicted octanol–water partition coefficient (Wildman–Crippen LogP) is 17.5. The van der Waals surface area contributed by atoms with Crippen molar-refractivity contribution in [1.82, 2.24) is 5.32 Å². The van der Waals surface area contributed by atoms with E-state index in [0.717, 1.165) is 179 Å². The molecule has 0 aliphatic heterocycles. The van der Waals surface area contributed by atoms with Crippen molar-refractivity contribution < 1.29 is 85.7 Å². The van der Waals surface area contributed by atoms with E-state index < -0.39 is 24.4 Å². The average Bonchev–Trinajstić information content (AvgIpc) is 0.766. The number of halogens is 1. The molecule has 9 aromatic rings. The summed E-state index contributed by atoms with van der Waals surface area (Å²) in [6, 6.07) is 71.2. The Kier molecular flexibility index (Phi) is 43.2. The Morgan fingerprint density at radius 2 is 0.584 bits per heavy atom. The van der Waals surface area contributed by atoms with Crippen molar-refractivity contribution in [2.75, 3.05) is 104 Å². The molecule has 0 aliphatic carbocycles. The van der Waals surface area contributed by atoms with Crippen molar-refractivity contribution in [2.24, 2.45) is 5.73 Å². The molecule has 0 unspecified atom stereocenters. The number of hydrogen-bond acceptors (Lipinski definition) is 19. The van der Waals surface area contributed by atoms with Crippen LogP contribution in [0.25, 0.3) is 0 Å². The summed E-state index contributed by atoms with van der Waals surface area (Å²) in [4.78, 5) is 33.7. The van der Waals surface area contributed by atoms with Crippen molar-refractivity contribution in [3.05, 3.63) is 268 Å². The quantitative estimate of drug-likeness (QED) is 0.00805. The van der Waals surface area contributed by atoms with Crippen LogP contribution in [0.5, 0.6) is 51.7 Å². The van der Waals surface area contributed by atoms with Gasteiger partial charge in [-0.2, -0.15) is 0 Å². The molecule has 0 spiro atoms. The molecular weight excluding hydrogens is 1490 g/mol. The summed E-state index contributed by atoms with van der Waals surface area (Å²) >= 11 is 8.49. The highest BCUT2D eigenvalue weighted by atomic mass is 35.5. The van der Waals surface area contributed by atoms with Crippen LogP contribution in [-0.4, -0.2) is 135 Å². The highest BCUT2D eigenvalue weighted by Gasteiger charge is 2.39. The van der Waals surface area contributed by atoms with E-state index in [9.17, 15) is 14.4 Å². The SMILES string of the molecule is CN.CNC(=O)CCCCCOc1ccc(C(OC)(c2ccc(OC)cc2)c2ccc(OC)cc2)cc1.CO.COc1ccc(C(Cl)(c2ccc(OC)cc2)c2ccc(OCCCCCC(=O)OSC)cc2)cc1.COc1ccc(C(OC)(c2ccc(OC)cc2)c2ccc(OCCCCCC(=O)O[Si](C)(C)C)cc2)cc1.[OH3+].